The van der Waals surface area contributed by atoms with Gasteiger partial charge in [-0.15, -0.1) is 0 Å². The Balaban J connectivity index is 2.38. The van der Waals surface area contributed by atoms with Crippen LogP contribution in [0.3, 0.4) is 0 Å². The van der Waals surface area contributed by atoms with Gasteiger partial charge in [0.25, 0.3) is 0 Å². The van der Waals surface area contributed by atoms with Crippen LogP contribution in [0.25, 0.3) is 0 Å². The first kappa shape index (κ1) is 8.03. The third kappa shape index (κ3) is 0.954. The van der Waals surface area contributed by atoms with Crippen molar-refractivity contribution in [2.24, 2.45) is 17.3 Å². The number of rotatable bonds is 0. The maximum Gasteiger partial charge on any atom is 0.146 e. The molecule has 0 N–H and O–H groups in total. The van der Waals surface area contributed by atoms with Crippen LogP contribution in [0.2, 0.25) is 0 Å². The first-order valence-corrected chi connectivity index (χ1v) is 4.87. The van der Waals surface area contributed by atoms with Gasteiger partial charge < -0.3 is 0 Å². The van der Waals surface area contributed by atoms with E-state index in [4.69, 9.17) is 0 Å². The second kappa shape index (κ2) is 2.45. The Hall–Kier alpha value is -0.590. The van der Waals surface area contributed by atoms with E-state index in [2.05, 4.69) is 26.0 Å². The minimum atomic E-state index is -0.102. The molecule has 1 saturated carbocycles. The minimum Gasteiger partial charge on any atom is -0.298 e. The number of hydrogen-bond acceptors (Lipinski definition) is 1. The summed E-state index contributed by atoms with van der Waals surface area (Å²) in [5.74, 6) is 1.29. The van der Waals surface area contributed by atoms with Crippen LogP contribution in [0.15, 0.2) is 12.2 Å². The van der Waals surface area contributed by atoms with E-state index in [9.17, 15) is 4.79 Å². The van der Waals surface area contributed by atoms with Crippen molar-refractivity contribution in [3.05, 3.63) is 12.2 Å². The van der Waals surface area contributed by atoms with Crippen molar-refractivity contribution >= 4 is 5.78 Å². The smallest absolute Gasteiger partial charge is 0.146 e. The van der Waals surface area contributed by atoms with Gasteiger partial charge in [0, 0.05) is 11.3 Å². The molecule has 12 heavy (non-hydrogen) atoms. The molecule has 0 amide bonds. The third-order valence-electron chi connectivity index (χ3n) is 3.51. The summed E-state index contributed by atoms with van der Waals surface area (Å²) in [6.45, 7) is 4.24. The molecule has 66 valence electrons. The maximum atomic E-state index is 11.9. The van der Waals surface area contributed by atoms with E-state index >= 15 is 0 Å². The van der Waals surface area contributed by atoms with Crippen molar-refractivity contribution in [1.29, 1.82) is 0 Å². The van der Waals surface area contributed by atoms with Crippen LogP contribution in [0.1, 0.15) is 33.1 Å². The second-order valence-corrected chi connectivity index (χ2v) is 4.50. The van der Waals surface area contributed by atoms with Gasteiger partial charge in [-0.1, -0.05) is 25.5 Å². The van der Waals surface area contributed by atoms with Gasteiger partial charge >= 0.3 is 0 Å². The number of carbonyl (C=O) groups is 1. The molecule has 3 atom stereocenters. The van der Waals surface area contributed by atoms with E-state index in [1.807, 2.05) is 0 Å². The Kier molecular flexibility index (Phi) is 1.64. The second-order valence-electron chi connectivity index (χ2n) is 4.50. The summed E-state index contributed by atoms with van der Waals surface area (Å²) in [6.07, 6.45) is 7.76. The molecule has 1 fully saturated rings. The molecule has 0 radical (unpaired) electrons. The van der Waals surface area contributed by atoms with Gasteiger partial charge in [-0.25, -0.2) is 0 Å². The molecule has 2 rings (SSSR count). The highest BCUT2D eigenvalue weighted by Crippen LogP contribution is 2.43. The topological polar surface area (TPSA) is 17.1 Å². The quantitative estimate of drug-likeness (QED) is 0.503. The lowest BCUT2D eigenvalue weighted by atomic mass is 9.62. The fourth-order valence-corrected chi connectivity index (χ4v) is 2.53. The van der Waals surface area contributed by atoms with Crippen LogP contribution in [0, 0.1) is 17.3 Å². The molecule has 0 spiro atoms. The molecule has 0 aromatic carbocycles. The molecule has 2 bridgehead atoms. The zero-order valence-electron chi connectivity index (χ0n) is 7.84. The van der Waals surface area contributed by atoms with Gasteiger partial charge in [0.05, 0.1) is 0 Å². The standard InChI is InChI=1S/C11H16O/c1-8-5-7-11(2)6-3-4-9(8)10(11)12/h5,7-9H,3-4,6H2,1-2H3. The molecular formula is C11H16O. The molecule has 0 saturated heterocycles. The van der Waals surface area contributed by atoms with Gasteiger partial charge in [-0.05, 0) is 25.7 Å². The average Bonchev–Trinajstić information content (AvgIpc) is 2.03. The van der Waals surface area contributed by atoms with E-state index in [0.717, 1.165) is 12.8 Å². The highest BCUT2D eigenvalue weighted by molar-refractivity contribution is 5.90. The summed E-state index contributed by atoms with van der Waals surface area (Å²) in [5.41, 5.74) is -0.102. The Morgan fingerprint density at radius 1 is 1.58 bits per heavy atom. The molecule has 0 heterocycles. The van der Waals surface area contributed by atoms with Gasteiger partial charge in [0.15, 0.2) is 0 Å². The van der Waals surface area contributed by atoms with Gasteiger partial charge in [0.1, 0.15) is 5.78 Å². The van der Waals surface area contributed by atoms with Crippen LogP contribution in [-0.4, -0.2) is 5.78 Å². The highest BCUT2D eigenvalue weighted by Gasteiger charge is 2.43. The molecule has 1 heteroatoms. The molecule has 2 aliphatic carbocycles. The van der Waals surface area contributed by atoms with Gasteiger partial charge in [0.2, 0.25) is 0 Å². The molecule has 0 aliphatic heterocycles. The van der Waals surface area contributed by atoms with Gasteiger partial charge in [-0.2, -0.15) is 0 Å². The third-order valence-corrected chi connectivity index (χ3v) is 3.51. The first-order valence-electron chi connectivity index (χ1n) is 4.87. The zero-order chi connectivity index (χ0) is 8.77. The first-order chi connectivity index (χ1) is 5.63. The SMILES string of the molecule is CC1C=CC2(C)CCCC1C2=O. The highest BCUT2D eigenvalue weighted by atomic mass is 16.1. The number of allylic oxidation sites excluding steroid dienone is 2. The summed E-state index contributed by atoms with van der Waals surface area (Å²) in [6, 6.07) is 0. The largest absolute Gasteiger partial charge is 0.298 e. The van der Waals surface area contributed by atoms with Crippen molar-refractivity contribution < 1.29 is 4.79 Å². The van der Waals surface area contributed by atoms with E-state index in [0.29, 0.717) is 17.6 Å². The molecule has 3 unspecified atom stereocenters. The van der Waals surface area contributed by atoms with Gasteiger partial charge in [-0.3, -0.25) is 4.79 Å². The molecule has 0 aromatic heterocycles. The number of Topliss-reactive ketones (excluding diaryl/α,β-unsaturated/α-hetero) is 1. The monoisotopic (exact) mass is 164 g/mol. The normalized spacial score (nSPS) is 46.3. The fraction of sp³-hybridized carbons (Fsp3) is 0.727. The maximum absolute atomic E-state index is 11.9. The van der Waals surface area contributed by atoms with E-state index < -0.39 is 0 Å². The van der Waals surface area contributed by atoms with Crippen molar-refractivity contribution in [3.63, 3.8) is 0 Å². The van der Waals surface area contributed by atoms with E-state index in [1.54, 1.807) is 0 Å². The van der Waals surface area contributed by atoms with E-state index in [1.165, 1.54) is 6.42 Å². The molecule has 1 nitrogen and oxygen atoms in total. The Bertz CT molecular complexity index is 241. The molecular weight excluding hydrogens is 148 g/mol. The predicted molar refractivity (Wildman–Crippen MR) is 48.8 cm³/mol. The number of ketones is 1. The Morgan fingerprint density at radius 2 is 2.33 bits per heavy atom. The van der Waals surface area contributed by atoms with Crippen molar-refractivity contribution in [3.8, 4) is 0 Å². The molecule has 0 aromatic rings. The van der Waals surface area contributed by atoms with Crippen LogP contribution < -0.4 is 0 Å². The van der Waals surface area contributed by atoms with Crippen LogP contribution in [-0.2, 0) is 4.79 Å². The lowest BCUT2D eigenvalue weighted by Gasteiger charge is -2.40. The summed E-state index contributed by atoms with van der Waals surface area (Å²) in [5, 5.41) is 0. The number of carbonyl (C=O) groups excluding carboxylic acids is 1. The van der Waals surface area contributed by atoms with Crippen LogP contribution >= 0.6 is 0 Å². The van der Waals surface area contributed by atoms with Crippen LogP contribution in [0.4, 0.5) is 0 Å². The zero-order valence-corrected chi connectivity index (χ0v) is 7.84. The van der Waals surface area contributed by atoms with Crippen molar-refractivity contribution in [1.82, 2.24) is 0 Å². The van der Waals surface area contributed by atoms with Crippen LogP contribution in [0.5, 0.6) is 0 Å². The Morgan fingerprint density at radius 3 is 3.00 bits per heavy atom. The lowest BCUT2D eigenvalue weighted by molar-refractivity contribution is -0.134. The van der Waals surface area contributed by atoms with E-state index in [-0.39, 0.29) is 5.41 Å². The number of fused-ring (bicyclic) bond motifs is 2. The Labute approximate surface area is 73.8 Å². The lowest BCUT2D eigenvalue weighted by Crippen LogP contribution is -2.41. The summed E-state index contributed by atoms with van der Waals surface area (Å²) in [7, 11) is 0. The molecule has 2 aliphatic rings. The van der Waals surface area contributed by atoms with Crippen molar-refractivity contribution in [2.45, 2.75) is 33.1 Å². The minimum absolute atomic E-state index is 0.102. The summed E-state index contributed by atoms with van der Waals surface area (Å²) >= 11 is 0. The average molecular weight is 164 g/mol. The summed E-state index contributed by atoms with van der Waals surface area (Å²) in [4.78, 5) is 11.9. The number of hydrogen-bond donors (Lipinski definition) is 0. The predicted octanol–water partition coefficient (Wildman–Crippen LogP) is 2.57. The van der Waals surface area contributed by atoms with Crippen molar-refractivity contribution in [2.75, 3.05) is 0 Å². The fourth-order valence-electron chi connectivity index (χ4n) is 2.53. The summed E-state index contributed by atoms with van der Waals surface area (Å²) < 4.78 is 0.